The topological polar surface area (TPSA) is 3.24 Å². The summed E-state index contributed by atoms with van der Waals surface area (Å²) in [6.07, 6.45) is 7.07. The minimum Gasteiger partial charge on any atom is -0.309 e. The summed E-state index contributed by atoms with van der Waals surface area (Å²) in [5.74, 6) is 0. The quantitative estimate of drug-likeness (QED) is 0.586. The zero-order valence-electron chi connectivity index (χ0n) is 9.30. The lowest BCUT2D eigenvalue weighted by Gasteiger charge is -2.10. The van der Waals surface area contributed by atoms with Gasteiger partial charge in [-0.15, -0.1) is 0 Å². The van der Waals surface area contributed by atoms with Crippen LogP contribution in [0.4, 0.5) is 0 Å². The molecule has 0 bridgehead atoms. The Hall–Kier alpha value is -0.820. The molecule has 0 spiro atoms. The van der Waals surface area contributed by atoms with Gasteiger partial charge in [0.2, 0.25) is 0 Å². The molecule has 0 unspecified atom stereocenters. The van der Waals surface area contributed by atoms with E-state index in [1.165, 1.54) is 11.1 Å². The summed E-state index contributed by atoms with van der Waals surface area (Å²) in [6.45, 7) is 9.07. The summed E-state index contributed by atoms with van der Waals surface area (Å²) < 4.78 is 0. The lowest BCUT2D eigenvalue weighted by atomic mass is 10.1. The van der Waals surface area contributed by atoms with Crippen LogP contribution in [0.15, 0.2) is 36.0 Å². The lowest BCUT2D eigenvalue weighted by molar-refractivity contribution is 0.414. The second-order valence-corrected chi connectivity index (χ2v) is 3.67. The molecule has 0 heterocycles. The number of rotatable bonds is 5. The van der Waals surface area contributed by atoms with Crippen molar-refractivity contribution in [2.24, 2.45) is 0 Å². The van der Waals surface area contributed by atoms with Crippen LogP contribution in [0.1, 0.15) is 20.3 Å². The highest BCUT2D eigenvalue weighted by atomic mass is 15.0. The molecule has 74 valence electrons. The van der Waals surface area contributed by atoms with Gasteiger partial charge in [0.15, 0.2) is 0 Å². The SMILES string of the molecule is C=CC=CC(CCN(C)C)=C(C)C. The largest absolute Gasteiger partial charge is 0.309 e. The third-order valence-electron chi connectivity index (χ3n) is 1.90. The fourth-order valence-corrected chi connectivity index (χ4v) is 1.03. The van der Waals surface area contributed by atoms with E-state index in [9.17, 15) is 0 Å². The van der Waals surface area contributed by atoms with Crippen LogP contribution >= 0.6 is 0 Å². The Labute approximate surface area is 82.4 Å². The van der Waals surface area contributed by atoms with E-state index in [0.717, 1.165) is 13.0 Å². The first kappa shape index (κ1) is 12.2. The van der Waals surface area contributed by atoms with Gasteiger partial charge < -0.3 is 4.90 Å². The third-order valence-corrected chi connectivity index (χ3v) is 1.90. The number of hydrogen-bond donors (Lipinski definition) is 0. The molecule has 0 radical (unpaired) electrons. The fourth-order valence-electron chi connectivity index (χ4n) is 1.03. The fraction of sp³-hybridized carbons (Fsp3) is 0.500. The predicted molar refractivity (Wildman–Crippen MR) is 60.9 cm³/mol. The molecule has 0 aliphatic carbocycles. The molecule has 0 amide bonds. The maximum absolute atomic E-state index is 3.67. The molecule has 0 aromatic heterocycles. The normalized spacial score (nSPS) is 10.8. The second-order valence-electron chi connectivity index (χ2n) is 3.67. The molecule has 0 saturated heterocycles. The molecule has 0 aromatic carbocycles. The van der Waals surface area contributed by atoms with Crippen LogP contribution in [0.25, 0.3) is 0 Å². The average molecular weight is 179 g/mol. The van der Waals surface area contributed by atoms with Crippen molar-refractivity contribution in [1.29, 1.82) is 0 Å². The molecule has 0 fully saturated rings. The average Bonchev–Trinajstić information content (AvgIpc) is 2.03. The molecule has 0 aromatic rings. The summed E-state index contributed by atoms with van der Waals surface area (Å²) in [6, 6.07) is 0. The first-order valence-corrected chi connectivity index (χ1v) is 4.68. The van der Waals surface area contributed by atoms with Crippen LogP contribution in [0.5, 0.6) is 0 Å². The molecule has 0 aliphatic heterocycles. The van der Waals surface area contributed by atoms with E-state index in [1.54, 1.807) is 0 Å². The van der Waals surface area contributed by atoms with Crippen LogP contribution in [-0.2, 0) is 0 Å². The predicted octanol–water partition coefficient (Wildman–Crippen LogP) is 3.02. The smallest absolute Gasteiger partial charge is 0.00157 e. The van der Waals surface area contributed by atoms with Crippen molar-refractivity contribution in [1.82, 2.24) is 4.90 Å². The van der Waals surface area contributed by atoms with Crippen LogP contribution in [-0.4, -0.2) is 25.5 Å². The minimum absolute atomic E-state index is 1.10. The van der Waals surface area contributed by atoms with Gasteiger partial charge in [0, 0.05) is 6.54 Å². The molecule has 0 rings (SSSR count). The minimum atomic E-state index is 1.10. The van der Waals surface area contributed by atoms with Gasteiger partial charge >= 0.3 is 0 Å². The van der Waals surface area contributed by atoms with Gasteiger partial charge in [-0.05, 0) is 39.9 Å². The Morgan fingerprint density at radius 1 is 1.31 bits per heavy atom. The molecule has 0 atom stereocenters. The highest BCUT2D eigenvalue weighted by Crippen LogP contribution is 2.10. The molecule has 1 nitrogen and oxygen atoms in total. The van der Waals surface area contributed by atoms with Gasteiger partial charge in [-0.3, -0.25) is 0 Å². The van der Waals surface area contributed by atoms with Gasteiger partial charge in [0.05, 0.1) is 0 Å². The van der Waals surface area contributed by atoms with E-state index in [4.69, 9.17) is 0 Å². The van der Waals surface area contributed by atoms with E-state index in [-0.39, 0.29) is 0 Å². The Morgan fingerprint density at radius 2 is 1.92 bits per heavy atom. The van der Waals surface area contributed by atoms with Gasteiger partial charge in [-0.1, -0.05) is 30.4 Å². The molecule has 1 heteroatoms. The van der Waals surface area contributed by atoms with Gasteiger partial charge in [-0.25, -0.2) is 0 Å². The van der Waals surface area contributed by atoms with E-state index in [1.807, 2.05) is 12.2 Å². The van der Waals surface area contributed by atoms with E-state index < -0.39 is 0 Å². The van der Waals surface area contributed by atoms with Crippen molar-refractivity contribution < 1.29 is 0 Å². The molecular weight excluding hydrogens is 158 g/mol. The third kappa shape index (κ3) is 6.35. The van der Waals surface area contributed by atoms with Crippen molar-refractivity contribution >= 4 is 0 Å². The highest BCUT2D eigenvalue weighted by Gasteiger charge is 1.96. The molecule has 13 heavy (non-hydrogen) atoms. The van der Waals surface area contributed by atoms with Gasteiger partial charge in [-0.2, -0.15) is 0 Å². The van der Waals surface area contributed by atoms with Crippen LogP contribution in [0.2, 0.25) is 0 Å². The van der Waals surface area contributed by atoms with E-state index in [2.05, 4.69) is 45.5 Å². The first-order valence-electron chi connectivity index (χ1n) is 4.68. The highest BCUT2D eigenvalue weighted by molar-refractivity contribution is 5.25. The second kappa shape index (κ2) is 6.67. The standard InChI is InChI=1S/C12H21N/c1-6-7-8-12(11(2)3)9-10-13(4)5/h6-8H,1,9-10H2,2-5H3. The Kier molecular flexibility index (Phi) is 6.25. The van der Waals surface area contributed by atoms with Crippen LogP contribution in [0, 0.1) is 0 Å². The van der Waals surface area contributed by atoms with Crippen molar-refractivity contribution in [2.75, 3.05) is 20.6 Å². The van der Waals surface area contributed by atoms with Crippen molar-refractivity contribution in [3.8, 4) is 0 Å². The molecule has 0 N–H and O–H groups in total. The number of allylic oxidation sites excluding steroid dienone is 4. The zero-order chi connectivity index (χ0) is 10.3. The van der Waals surface area contributed by atoms with E-state index >= 15 is 0 Å². The lowest BCUT2D eigenvalue weighted by Crippen LogP contribution is -2.13. The van der Waals surface area contributed by atoms with Crippen molar-refractivity contribution in [2.45, 2.75) is 20.3 Å². The Bertz CT molecular complexity index is 205. The van der Waals surface area contributed by atoms with Gasteiger partial charge in [0.1, 0.15) is 0 Å². The molecule has 0 aliphatic rings. The summed E-state index contributed by atoms with van der Waals surface area (Å²) >= 11 is 0. The maximum Gasteiger partial charge on any atom is 0.00157 e. The molecular formula is C12H21N. The van der Waals surface area contributed by atoms with Crippen LogP contribution in [0.3, 0.4) is 0 Å². The zero-order valence-corrected chi connectivity index (χ0v) is 9.30. The Balaban J connectivity index is 4.21. The Morgan fingerprint density at radius 3 is 2.31 bits per heavy atom. The molecule has 0 saturated carbocycles. The van der Waals surface area contributed by atoms with E-state index in [0.29, 0.717) is 0 Å². The van der Waals surface area contributed by atoms with Crippen molar-refractivity contribution in [3.05, 3.63) is 36.0 Å². The maximum atomic E-state index is 3.67. The monoisotopic (exact) mass is 179 g/mol. The summed E-state index contributed by atoms with van der Waals surface area (Å²) in [4.78, 5) is 2.20. The summed E-state index contributed by atoms with van der Waals surface area (Å²) in [7, 11) is 4.19. The summed E-state index contributed by atoms with van der Waals surface area (Å²) in [5, 5.41) is 0. The van der Waals surface area contributed by atoms with Crippen LogP contribution < -0.4 is 0 Å². The van der Waals surface area contributed by atoms with Crippen molar-refractivity contribution in [3.63, 3.8) is 0 Å². The number of nitrogens with zero attached hydrogens (tertiary/aromatic N) is 1. The van der Waals surface area contributed by atoms with Gasteiger partial charge in [0.25, 0.3) is 0 Å². The first-order chi connectivity index (χ1) is 6.07. The summed E-state index contributed by atoms with van der Waals surface area (Å²) in [5.41, 5.74) is 2.80. The number of hydrogen-bond acceptors (Lipinski definition) is 1.